The summed E-state index contributed by atoms with van der Waals surface area (Å²) in [5.41, 5.74) is 0.993. The Bertz CT molecular complexity index is 383. The molecule has 2 unspecified atom stereocenters. The Kier molecular flexibility index (Phi) is 8.43. The van der Waals surface area contributed by atoms with E-state index in [1.807, 2.05) is 24.3 Å². The SMILES string of the molecule is CCCCN(CCC(O)c1ccccc1Br)C(C)CC. The highest BCUT2D eigenvalue weighted by Gasteiger charge is 2.16. The molecule has 0 heterocycles. The summed E-state index contributed by atoms with van der Waals surface area (Å²) in [6.07, 6.45) is 4.01. The van der Waals surface area contributed by atoms with Crippen molar-refractivity contribution in [3.05, 3.63) is 34.3 Å². The van der Waals surface area contributed by atoms with Crippen LogP contribution in [-0.2, 0) is 0 Å². The molecule has 114 valence electrons. The molecule has 0 aliphatic heterocycles. The number of aliphatic hydroxyl groups is 1. The van der Waals surface area contributed by atoms with E-state index in [4.69, 9.17) is 0 Å². The van der Waals surface area contributed by atoms with Gasteiger partial charge in [0, 0.05) is 17.1 Å². The van der Waals surface area contributed by atoms with Crippen LogP contribution in [0.2, 0.25) is 0 Å². The van der Waals surface area contributed by atoms with Crippen LogP contribution >= 0.6 is 15.9 Å². The zero-order valence-electron chi connectivity index (χ0n) is 13.0. The van der Waals surface area contributed by atoms with Gasteiger partial charge in [-0.05, 0) is 44.4 Å². The van der Waals surface area contributed by atoms with E-state index in [2.05, 4.69) is 41.6 Å². The summed E-state index contributed by atoms with van der Waals surface area (Å²) in [4.78, 5) is 2.50. The fourth-order valence-electron chi connectivity index (χ4n) is 2.36. The van der Waals surface area contributed by atoms with Crippen LogP contribution in [0.25, 0.3) is 0 Å². The van der Waals surface area contributed by atoms with Gasteiger partial charge in [0.25, 0.3) is 0 Å². The molecular formula is C17H28BrNO. The number of halogens is 1. The average Bonchev–Trinajstić information content (AvgIpc) is 2.46. The first kappa shape index (κ1) is 17.7. The van der Waals surface area contributed by atoms with Crippen LogP contribution in [-0.4, -0.2) is 29.1 Å². The predicted molar refractivity (Wildman–Crippen MR) is 90.0 cm³/mol. The van der Waals surface area contributed by atoms with E-state index in [9.17, 15) is 5.11 Å². The minimum atomic E-state index is -0.390. The van der Waals surface area contributed by atoms with Crippen LogP contribution in [0.5, 0.6) is 0 Å². The van der Waals surface area contributed by atoms with Gasteiger partial charge in [-0.25, -0.2) is 0 Å². The fraction of sp³-hybridized carbons (Fsp3) is 0.647. The van der Waals surface area contributed by atoms with Crippen molar-refractivity contribution in [3.63, 3.8) is 0 Å². The summed E-state index contributed by atoms with van der Waals surface area (Å²) in [5, 5.41) is 10.4. The van der Waals surface area contributed by atoms with Gasteiger partial charge in [0.15, 0.2) is 0 Å². The summed E-state index contributed by atoms with van der Waals surface area (Å²) in [6, 6.07) is 8.53. The maximum Gasteiger partial charge on any atom is 0.0813 e. The van der Waals surface area contributed by atoms with Gasteiger partial charge in [-0.2, -0.15) is 0 Å². The molecule has 0 spiro atoms. The highest BCUT2D eigenvalue weighted by atomic mass is 79.9. The van der Waals surface area contributed by atoms with E-state index in [1.54, 1.807) is 0 Å². The minimum Gasteiger partial charge on any atom is -0.388 e. The molecule has 1 aromatic rings. The van der Waals surface area contributed by atoms with E-state index in [-0.39, 0.29) is 0 Å². The Morgan fingerprint density at radius 1 is 1.20 bits per heavy atom. The van der Waals surface area contributed by atoms with Crippen LogP contribution in [0, 0.1) is 0 Å². The summed E-state index contributed by atoms with van der Waals surface area (Å²) in [6.45, 7) is 8.82. The molecule has 1 aromatic carbocycles. The molecule has 20 heavy (non-hydrogen) atoms. The standard InChI is InChI=1S/C17H28BrNO/c1-4-6-12-19(14(3)5-2)13-11-17(20)15-9-7-8-10-16(15)18/h7-10,14,17,20H,4-6,11-13H2,1-3H3. The molecule has 0 saturated carbocycles. The number of benzene rings is 1. The summed E-state index contributed by atoms with van der Waals surface area (Å²) in [5.74, 6) is 0. The van der Waals surface area contributed by atoms with Gasteiger partial charge in [0.2, 0.25) is 0 Å². The lowest BCUT2D eigenvalue weighted by atomic mass is 10.1. The molecule has 1 N–H and O–H groups in total. The van der Waals surface area contributed by atoms with Gasteiger partial charge in [0.1, 0.15) is 0 Å². The number of hydrogen-bond acceptors (Lipinski definition) is 2. The zero-order chi connectivity index (χ0) is 15.0. The fourth-order valence-corrected chi connectivity index (χ4v) is 2.91. The number of aliphatic hydroxyl groups excluding tert-OH is 1. The minimum absolute atomic E-state index is 0.390. The molecule has 0 fully saturated rings. The van der Waals surface area contributed by atoms with Gasteiger partial charge in [0.05, 0.1) is 6.10 Å². The molecule has 2 atom stereocenters. The average molecular weight is 342 g/mol. The highest BCUT2D eigenvalue weighted by molar-refractivity contribution is 9.10. The molecule has 2 nitrogen and oxygen atoms in total. The largest absolute Gasteiger partial charge is 0.388 e. The van der Waals surface area contributed by atoms with Crippen molar-refractivity contribution in [1.82, 2.24) is 4.90 Å². The molecule has 0 aromatic heterocycles. The quantitative estimate of drug-likeness (QED) is 0.699. The second-order valence-corrected chi connectivity index (χ2v) is 6.33. The van der Waals surface area contributed by atoms with E-state index < -0.39 is 6.10 Å². The third-order valence-corrected chi connectivity index (χ3v) is 4.69. The normalized spacial score (nSPS) is 14.5. The maximum atomic E-state index is 10.4. The smallest absolute Gasteiger partial charge is 0.0813 e. The van der Waals surface area contributed by atoms with E-state index in [0.29, 0.717) is 6.04 Å². The molecule has 0 radical (unpaired) electrons. The number of rotatable bonds is 9. The molecule has 0 saturated heterocycles. The molecule has 0 amide bonds. The topological polar surface area (TPSA) is 23.5 Å². The van der Waals surface area contributed by atoms with E-state index in [0.717, 1.165) is 36.0 Å². The van der Waals surface area contributed by atoms with Crippen molar-refractivity contribution in [3.8, 4) is 0 Å². The summed E-state index contributed by atoms with van der Waals surface area (Å²) >= 11 is 3.51. The van der Waals surface area contributed by atoms with Crippen molar-refractivity contribution in [2.45, 2.75) is 58.6 Å². The molecule has 0 aliphatic rings. The first-order chi connectivity index (χ1) is 9.60. The van der Waals surface area contributed by atoms with Gasteiger partial charge in [-0.15, -0.1) is 0 Å². The van der Waals surface area contributed by atoms with Crippen molar-refractivity contribution in [2.24, 2.45) is 0 Å². The van der Waals surface area contributed by atoms with E-state index in [1.165, 1.54) is 12.8 Å². The van der Waals surface area contributed by atoms with Gasteiger partial charge in [-0.1, -0.05) is 54.4 Å². The monoisotopic (exact) mass is 341 g/mol. The lowest BCUT2D eigenvalue weighted by molar-refractivity contribution is 0.124. The number of hydrogen-bond donors (Lipinski definition) is 1. The zero-order valence-corrected chi connectivity index (χ0v) is 14.6. The molecule has 3 heteroatoms. The third-order valence-electron chi connectivity index (χ3n) is 3.97. The first-order valence-corrected chi connectivity index (χ1v) is 8.55. The second kappa shape index (κ2) is 9.54. The Morgan fingerprint density at radius 2 is 1.90 bits per heavy atom. The molecular weight excluding hydrogens is 314 g/mol. The molecule has 0 aliphatic carbocycles. The second-order valence-electron chi connectivity index (χ2n) is 5.47. The molecule has 0 bridgehead atoms. The Hall–Kier alpha value is -0.380. The Morgan fingerprint density at radius 3 is 2.50 bits per heavy atom. The molecule has 1 rings (SSSR count). The third kappa shape index (κ3) is 5.55. The Balaban J connectivity index is 2.55. The van der Waals surface area contributed by atoms with Crippen LogP contribution in [0.4, 0.5) is 0 Å². The van der Waals surface area contributed by atoms with Crippen LogP contribution < -0.4 is 0 Å². The lowest BCUT2D eigenvalue weighted by Gasteiger charge is -2.29. The highest BCUT2D eigenvalue weighted by Crippen LogP contribution is 2.25. The first-order valence-electron chi connectivity index (χ1n) is 7.76. The van der Waals surface area contributed by atoms with Crippen LogP contribution in [0.15, 0.2) is 28.7 Å². The maximum absolute atomic E-state index is 10.4. The van der Waals surface area contributed by atoms with Crippen molar-refractivity contribution in [1.29, 1.82) is 0 Å². The van der Waals surface area contributed by atoms with Crippen molar-refractivity contribution in [2.75, 3.05) is 13.1 Å². The van der Waals surface area contributed by atoms with Crippen molar-refractivity contribution < 1.29 is 5.11 Å². The lowest BCUT2D eigenvalue weighted by Crippen LogP contribution is -2.35. The van der Waals surface area contributed by atoms with Crippen LogP contribution in [0.3, 0.4) is 0 Å². The van der Waals surface area contributed by atoms with E-state index >= 15 is 0 Å². The predicted octanol–water partition coefficient (Wildman–Crippen LogP) is 4.77. The number of nitrogens with zero attached hydrogens (tertiary/aromatic N) is 1. The van der Waals surface area contributed by atoms with Gasteiger partial charge >= 0.3 is 0 Å². The van der Waals surface area contributed by atoms with Crippen molar-refractivity contribution >= 4 is 15.9 Å². The van der Waals surface area contributed by atoms with Gasteiger partial charge < -0.3 is 10.0 Å². The number of unbranched alkanes of at least 4 members (excludes halogenated alkanes) is 1. The Labute approximate surface area is 132 Å². The van der Waals surface area contributed by atoms with Crippen LogP contribution in [0.1, 0.15) is 58.1 Å². The summed E-state index contributed by atoms with van der Waals surface area (Å²) < 4.78 is 0.996. The summed E-state index contributed by atoms with van der Waals surface area (Å²) in [7, 11) is 0. The van der Waals surface area contributed by atoms with Gasteiger partial charge in [-0.3, -0.25) is 0 Å².